The summed E-state index contributed by atoms with van der Waals surface area (Å²) in [6.07, 6.45) is 1.25. The van der Waals surface area contributed by atoms with Crippen LogP contribution in [0, 0.1) is 5.82 Å². The summed E-state index contributed by atoms with van der Waals surface area (Å²) < 4.78 is 29.2. The van der Waals surface area contributed by atoms with Crippen LogP contribution in [-0.2, 0) is 9.53 Å². The van der Waals surface area contributed by atoms with E-state index < -0.39 is 23.4 Å². The van der Waals surface area contributed by atoms with Gasteiger partial charge in [-0.05, 0) is 69.3 Å². The van der Waals surface area contributed by atoms with Crippen LogP contribution in [0.4, 0.5) is 4.39 Å². The van der Waals surface area contributed by atoms with E-state index in [1.54, 1.807) is 31.2 Å². The van der Waals surface area contributed by atoms with Gasteiger partial charge in [0.25, 0.3) is 0 Å². The first kappa shape index (κ1) is 21.2. The summed E-state index contributed by atoms with van der Waals surface area (Å²) in [5.74, 6) is -0.617. The Kier molecular flexibility index (Phi) is 6.93. The molecule has 1 atom stereocenters. The van der Waals surface area contributed by atoms with Crippen LogP contribution >= 0.6 is 0 Å². The number of hydrogen-bond donors (Lipinski definition) is 0. The van der Waals surface area contributed by atoms with Crippen LogP contribution in [0.25, 0.3) is 0 Å². The summed E-state index contributed by atoms with van der Waals surface area (Å²) in [5, 5.41) is 0. The van der Waals surface area contributed by atoms with Gasteiger partial charge in [0, 0.05) is 12.5 Å². The molecule has 0 heterocycles. The molecule has 6 heteroatoms. The molecule has 2 aromatic rings. The van der Waals surface area contributed by atoms with Crippen molar-refractivity contribution in [2.24, 2.45) is 0 Å². The third-order valence-electron chi connectivity index (χ3n) is 3.77. The molecule has 0 aliphatic carbocycles. The van der Waals surface area contributed by atoms with Crippen LogP contribution < -0.4 is 9.47 Å². The lowest BCUT2D eigenvalue weighted by Gasteiger charge is -2.29. The second-order valence-corrected chi connectivity index (χ2v) is 6.89. The Balaban J connectivity index is 1.95. The molecule has 2 aromatic carbocycles. The van der Waals surface area contributed by atoms with Gasteiger partial charge in [-0.25, -0.2) is 14.0 Å². The zero-order valence-corrected chi connectivity index (χ0v) is 16.1. The first-order valence-electron chi connectivity index (χ1n) is 8.78. The van der Waals surface area contributed by atoms with Gasteiger partial charge in [0.05, 0.1) is 5.56 Å². The smallest absolute Gasteiger partial charge is 0.343 e. The molecule has 5 nitrogen and oxygen atoms in total. The number of hydrogen-bond acceptors (Lipinski definition) is 5. The number of rotatable bonds is 8. The summed E-state index contributed by atoms with van der Waals surface area (Å²) >= 11 is 0. The van der Waals surface area contributed by atoms with Gasteiger partial charge in [0.2, 0.25) is 0 Å². The van der Waals surface area contributed by atoms with Crippen molar-refractivity contribution in [2.45, 2.75) is 38.9 Å². The maximum Gasteiger partial charge on any atom is 0.343 e. The van der Waals surface area contributed by atoms with E-state index in [0.29, 0.717) is 17.7 Å². The van der Waals surface area contributed by atoms with E-state index in [2.05, 4.69) is 6.58 Å². The molecule has 0 N–H and O–H groups in total. The molecular formula is C22H23FO5. The van der Waals surface area contributed by atoms with Gasteiger partial charge in [-0.15, -0.1) is 0 Å². The maximum absolute atomic E-state index is 12.9. The Bertz CT molecular complexity index is 825. The Morgan fingerprint density at radius 2 is 1.64 bits per heavy atom. The zero-order valence-electron chi connectivity index (χ0n) is 16.1. The summed E-state index contributed by atoms with van der Waals surface area (Å²) in [4.78, 5) is 23.4. The highest BCUT2D eigenvalue weighted by molar-refractivity contribution is 5.91. The monoisotopic (exact) mass is 386 g/mol. The van der Waals surface area contributed by atoms with Gasteiger partial charge in [-0.2, -0.15) is 0 Å². The van der Waals surface area contributed by atoms with E-state index in [-0.39, 0.29) is 11.9 Å². The van der Waals surface area contributed by atoms with Crippen LogP contribution in [0.1, 0.15) is 37.6 Å². The lowest BCUT2D eigenvalue weighted by atomic mass is 10.0. The fourth-order valence-corrected chi connectivity index (χ4v) is 2.67. The molecule has 0 radical (unpaired) electrons. The molecule has 2 rings (SSSR count). The fraction of sp³-hybridized carbons (Fsp3) is 0.273. The second kappa shape index (κ2) is 9.17. The van der Waals surface area contributed by atoms with Crippen LogP contribution in [0.3, 0.4) is 0 Å². The standard InChI is InChI=1S/C22H23FO5/c1-5-20(24)26-15(2)14-22(3,4)28-19-10-6-16(7-11-19)21(25)27-18-12-8-17(23)9-13-18/h5-13,15H,1,14H2,2-4H3. The molecule has 1 unspecified atom stereocenters. The number of ether oxygens (including phenoxy) is 3. The number of carbonyl (C=O) groups is 2. The molecule has 0 amide bonds. The Morgan fingerprint density at radius 1 is 1.07 bits per heavy atom. The van der Waals surface area contributed by atoms with Crippen molar-refractivity contribution in [3.8, 4) is 11.5 Å². The van der Waals surface area contributed by atoms with E-state index in [9.17, 15) is 14.0 Å². The summed E-state index contributed by atoms with van der Waals surface area (Å²) in [6.45, 7) is 8.90. The highest BCUT2D eigenvalue weighted by Crippen LogP contribution is 2.24. The molecule has 0 saturated heterocycles. The van der Waals surface area contributed by atoms with Crippen molar-refractivity contribution in [3.05, 3.63) is 72.6 Å². The summed E-state index contributed by atoms with van der Waals surface area (Å²) in [5.41, 5.74) is -0.264. The van der Waals surface area contributed by atoms with Crippen molar-refractivity contribution >= 4 is 11.9 Å². The van der Waals surface area contributed by atoms with Gasteiger partial charge < -0.3 is 14.2 Å². The Morgan fingerprint density at radius 3 is 2.21 bits per heavy atom. The average molecular weight is 386 g/mol. The van der Waals surface area contributed by atoms with Gasteiger partial charge in [-0.3, -0.25) is 0 Å². The number of halogens is 1. The van der Waals surface area contributed by atoms with Crippen molar-refractivity contribution in [1.29, 1.82) is 0 Å². The molecule has 0 aliphatic heterocycles. The van der Waals surface area contributed by atoms with Crippen molar-refractivity contribution < 1.29 is 28.2 Å². The lowest BCUT2D eigenvalue weighted by Crippen LogP contribution is -2.33. The molecule has 0 aromatic heterocycles. The molecular weight excluding hydrogens is 363 g/mol. The SMILES string of the molecule is C=CC(=O)OC(C)CC(C)(C)Oc1ccc(C(=O)Oc2ccc(F)cc2)cc1. The molecule has 0 bridgehead atoms. The number of benzene rings is 2. The van der Waals surface area contributed by atoms with E-state index in [1.807, 2.05) is 13.8 Å². The maximum atomic E-state index is 12.9. The lowest BCUT2D eigenvalue weighted by molar-refractivity contribution is -0.144. The van der Waals surface area contributed by atoms with Gasteiger partial charge in [0.15, 0.2) is 0 Å². The minimum Gasteiger partial charge on any atom is -0.488 e. The molecule has 148 valence electrons. The molecule has 0 aliphatic rings. The van der Waals surface area contributed by atoms with Crippen LogP contribution in [-0.4, -0.2) is 23.6 Å². The molecule has 0 spiro atoms. The minimum atomic E-state index is -0.600. The third kappa shape index (κ3) is 6.54. The quantitative estimate of drug-likeness (QED) is 0.374. The van der Waals surface area contributed by atoms with Gasteiger partial charge >= 0.3 is 11.9 Å². The number of esters is 2. The largest absolute Gasteiger partial charge is 0.488 e. The highest BCUT2D eigenvalue weighted by atomic mass is 19.1. The fourth-order valence-electron chi connectivity index (χ4n) is 2.67. The van der Waals surface area contributed by atoms with E-state index in [1.165, 1.54) is 24.3 Å². The first-order valence-corrected chi connectivity index (χ1v) is 8.78. The Hall–Kier alpha value is -3.15. The third-order valence-corrected chi connectivity index (χ3v) is 3.77. The van der Waals surface area contributed by atoms with Crippen molar-refractivity contribution in [3.63, 3.8) is 0 Å². The van der Waals surface area contributed by atoms with Gasteiger partial charge in [-0.1, -0.05) is 6.58 Å². The Labute approximate surface area is 163 Å². The van der Waals surface area contributed by atoms with E-state index in [0.717, 1.165) is 6.08 Å². The van der Waals surface area contributed by atoms with Crippen molar-refractivity contribution in [1.82, 2.24) is 0 Å². The molecule has 0 saturated carbocycles. The average Bonchev–Trinajstić information content (AvgIpc) is 2.63. The first-order chi connectivity index (χ1) is 13.2. The normalized spacial score (nSPS) is 12.0. The predicted octanol–water partition coefficient (Wildman–Crippen LogP) is 4.71. The van der Waals surface area contributed by atoms with Crippen molar-refractivity contribution in [2.75, 3.05) is 0 Å². The molecule has 28 heavy (non-hydrogen) atoms. The van der Waals surface area contributed by atoms with Crippen LogP contribution in [0.2, 0.25) is 0 Å². The predicted molar refractivity (Wildman–Crippen MR) is 103 cm³/mol. The summed E-state index contributed by atoms with van der Waals surface area (Å²) in [7, 11) is 0. The molecule has 0 fully saturated rings. The van der Waals surface area contributed by atoms with E-state index >= 15 is 0 Å². The van der Waals surface area contributed by atoms with E-state index in [4.69, 9.17) is 14.2 Å². The zero-order chi connectivity index (χ0) is 20.7. The summed E-state index contributed by atoms with van der Waals surface area (Å²) in [6, 6.07) is 11.7. The van der Waals surface area contributed by atoms with Crippen LogP contribution in [0.5, 0.6) is 11.5 Å². The highest BCUT2D eigenvalue weighted by Gasteiger charge is 2.25. The number of carbonyl (C=O) groups excluding carboxylic acids is 2. The minimum absolute atomic E-state index is 0.260. The topological polar surface area (TPSA) is 61.8 Å². The second-order valence-electron chi connectivity index (χ2n) is 6.89. The van der Waals surface area contributed by atoms with Gasteiger partial charge in [0.1, 0.15) is 29.0 Å². The van der Waals surface area contributed by atoms with Crippen LogP contribution in [0.15, 0.2) is 61.2 Å².